The zero-order chi connectivity index (χ0) is 18.4. The summed E-state index contributed by atoms with van der Waals surface area (Å²) in [5.74, 6) is 0.497. The average molecular weight is 369 g/mol. The summed E-state index contributed by atoms with van der Waals surface area (Å²) >= 11 is 0. The molecule has 0 radical (unpaired) electrons. The number of anilines is 1. The van der Waals surface area contributed by atoms with Gasteiger partial charge in [-0.15, -0.1) is 0 Å². The summed E-state index contributed by atoms with van der Waals surface area (Å²) in [4.78, 5) is 16.6. The number of ether oxygens (including phenoxy) is 1. The Morgan fingerprint density at radius 2 is 1.72 bits per heavy atom. The molecule has 8 heteroatoms. The van der Waals surface area contributed by atoms with Crippen LogP contribution in [0.4, 0.5) is 5.69 Å². The number of carbonyl (C=O) groups is 1. The number of likely N-dealkylation sites (N-methyl/N-ethyl adjacent to an activating group) is 1. The van der Waals surface area contributed by atoms with Gasteiger partial charge in [0, 0.05) is 26.2 Å². The molecule has 7 nitrogen and oxygen atoms in total. The molecule has 1 aliphatic rings. The van der Waals surface area contributed by atoms with E-state index in [-0.39, 0.29) is 12.5 Å². The van der Waals surface area contributed by atoms with Gasteiger partial charge in [0.25, 0.3) is 0 Å². The molecule has 1 aromatic rings. The average Bonchev–Trinajstić information content (AvgIpc) is 2.60. The Kier molecular flexibility index (Phi) is 6.66. The van der Waals surface area contributed by atoms with E-state index >= 15 is 0 Å². The molecule has 0 bridgehead atoms. The van der Waals surface area contributed by atoms with Gasteiger partial charge in [0.1, 0.15) is 12.3 Å². The molecule has 2 rings (SSSR count). The largest absolute Gasteiger partial charge is 0.494 e. The molecule has 1 aliphatic heterocycles. The molecule has 1 saturated heterocycles. The first-order chi connectivity index (χ1) is 11.8. The summed E-state index contributed by atoms with van der Waals surface area (Å²) < 4.78 is 30.9. The van der Waals surface area contributed by atoms with Gasteiger partial charge in [0.15, 0.2) is 0 Å². The van der Waals surface area contributed by atoms with E-state index in [4.69, 9.17) is 4.74 Å². The molecular weight excluding hydrogens is 342 g/mol. The van der Waals surface area contributed by atoms with Crippen LogP contribution in [0.5, 0.6) is 5.75 Å². The zero-order valence-electron chi connectivity index (χ0n) is 15.1. The van der Waals surface area contributed by atoms with Gasteiger partial charge in [0.05, 0.1) is 18.6 Å². The van der Waals surface area contributed by atoms with Crippen LogP contribution in [0.1, 0.15) is 13.8 Å². The van der Waals surface area contributed by atoms with Crippen LogP contribution in [0.2, 0.25) is 0 Å². The number of sulfonamides is 1. The van der Waals surface area contributed by atoms with Gasteiger partial charge in [-0.25, -0.2) is 8.42 Å². The van der Waals surface area contributed by atoms with E-state index in [0.717, 1.165) is 30.2 Å². The van der Waals surface area contributed by atoms with Gasteiger partial charge in [-0.2, -0.15) is 0 Å². The van der Waals surface area contributed by atoms with Crippen LogP contribution in [0.15, 0.2) is 24.3 Å². The minimum absolute atomic E-state index is 0.171. The summed E-state index contributed by atoms with van der Waals surface area (Å²) in [6.45, 7) is 8.21. The van der Waals surface area contributed by atoms with Crippen LogP contribution in [0.3, 0.4) is 0 Å². The van der Waals surface area contributed by atoms with Crippen molar-refractivity contribution in [2.24, 2.45) is 0 Å². The Morgan fingerprint density at radius 1 is 1.12 bits per heavy atom. The molecule has 0 atom stereocenters. The van der Waals surface area contributed by atoms with Crippen molar-refractivity contribution >= 4 is 21.6 Å². The van der Waals surface area contributed by atoms with Crippen molar-refractivity contribution < 1.29 is 17.9 Å². The topological polar surface area (TPSA) is 70.2 Å². The standard InChI is InChI=1S/C17H27N3O4S/c1-4-18-10-12-19(13-11-18)17(21)14-20(25(3,22)23)15-6-8-16(9-7-15)24-5-2/h6-9H,4-5,10-14H2,1-3H3. The van der Waals surface area contributed by atoms with E-state index in [1.807, 2.05) is 6.92 Å². The third-order valence-electron chi connectivity index (χ3n) is 4.29. The van der Waals surface area contributed by atoms with Gasteiger partial charge in [-0.3, -0.25) is 9.10 Å². The number of carbonyl (C=O) groups excluding carboxylic acids is 1. The van der Waals surface area contributed by atoms with Gasteiger partial charge in [-0.05, 0) is 37.7 Å². The maximum atomic E-state index is 12.6. The fourth-order valence-corrected chi connectivity index (χ4v) is 3.66. The van der Waals surface area contributed by atoms with Crippen LogP contribution in [-0.4, -0.2) is 76.3 Å². The van der Waals surface area contributed by atoms with Gasteiger partial charge in [0.2, 0.25) is 15.9 Å². The van der Waals surface area contributed by atoms with Crippen molar-refractivity contribution in [1.82, 2.24) is 9.80 Å². The van der Waals surface area contributed by atoms with Crippen molar-refractivity contribution in [3.05, 3.63) is 24.3 Å². The van der Waals surface area contributed by atoms with Crippen LogP contribution in [0, 0.1) is 0 Å². The highest BCUT2D eigenvalue weighted by Gasteiger charge is 2.26. The van der Waals surface area contributed by atoms with Gasteiger partial charge >= 0.3 is 0 Å². The Hall–Kier alpha value is -1.80. The second-order valence-electron chi connectivity index (χ2n) is 6.01. The smallest absolute Gasteiger partial charge is 0.243 e. The van der Waals surface area contributed by atoms with Crippen LogP contribution in [-0.2, 0) is 14.8 Å². The predicted molar refractivity (Wildman–Crippen MR) is 98.5 cm³/mol. The highest BCUT2D eigenvalue weighted by Crippen LogP contribution is 2.22. The number of benzene rings is 1. The maximum Gasteiger partial charge on any atom is 0.243 e. The first-order valence-electron chi connectivity index (χ1n) is 8.55. The second-order valence-corrected chi connectivity index (χ2v) is 7.92. The molecule has 0 aliphatic carbocycles. The highest BCUT2D eigenvalue weighted by molar-refractivity contribution is 7.92. The number of amides is 1. The fraction of sp³-hybridized carbons (Fsp3) is 0.588. The molecule has 0 unspecified atom stereocenters. The van der Waals surface area contributed by atoms with Crippen molar-refractivity contribution in [3.63, 3.8) is 0 Å². The summed E-state index contributed by atoms with van der Waals surface area (Å²) in [5, 5.41) is 0. The molecule has 0 saturated carbocycles. The SMILES string of the molecule is CCOc1ccc(N(CC(=O)N2CCN(CC)CC2)S(C)(=O)=O)cc1. The number of rotatable bonds is 7. The second kappa shape index (κ2) is 8.53. The minimum Gasteiger partial charge on any atom is -0.494 e. The molecule has 1 fully saturated rings. The predicted octanol–water partition coefficient (Wildman–Crippen LogP) is 1.02. The van der Waals surface area contributed by atoms with Gasteiger partial charge in [-0.1, -0.05) is 6.92 Å². The Bertz CT molecular complexity index is 668. The Labute approximate surface area is 150 Å². The van der Waals surface area contributed by atoms with Gasteiger partial charge < -0.3 is 14.5 Å². The molecule has 0 N–H and O–H groups in total. The molecule has 0 spiro atoms. The molecule has 140 valence electrons. The third kappa shape index (κ3) is 5.34. The molecular formula is C17H27N3O4S. The van der Waals surface area contributed by atoms with Crippen molar-refractivity contribution in [2.45, 2.75) is 13.8 Å². The van der Waals surface area contributed by atoms with E-state index in [1.54, 1.807) is 29.2 Å². The quantitative estimate of drug-likeness (QED) is 0.718. The van der Waals surface area contributed by atoms with Crippen molar-refractivity contribution in [2.75, 3.05) is 56.4 Å². The first-order valence-corrected chi connectivity index (χ1v) is 10.4. The van der Waals surface area contributed by atoms with E-state index < -0.39 is 10.0 Å². The lowest BCUT2D eigenvalue weighted by molar-refractivity contribution is -0.131. The molecule has 1 heterocycles. The number of hydrogen-bond acceptors (Lipinski definition) is 5. The van der Waals surface area contributed by atoms with E-state index in [1.165, 1.54) is 0 Å². The number of hydrogen-bond donors (Lipinski definition) is 0. The number of piperazine rings is 1. The van der Waals surface area contributed by atoms with Crippen LogP contribution < -0.4 is 9.04 Å². The van der Waals surface area contributed by atoms with Crippen molar-refractivity contribution in [3.8, 4) is 5.75 Å². The normalized spacial score (nSPS) is 15.9. The van der Waals surface area contributed by atoms with E-state index in [0.29, 0.717) is 31.1 Å². The summed E-state index contributed by atoms with van der Waals surface area (Å²) in [6.07, 6.45) is 1.12. The minimum atomic E-state index is -3.56. The zero-order valence-corrected chi connectivity index (χ0v) is 16.0. The first kappa shape index (κ1) is 19.5. The van der Waals surface area contributed by atoms with Crippen LogP contribution in [0.25, 0.3) is 0 Å². The lowest BCUT2D eigenvalue weighted by Gasteiger charge is -2.35. The van der Waals surface area contributed by atoms with E-state index in [2.05, 4.69) is 11.8 Å². The lowest BCUT2D eigenvalue weighted by Crippen LogP contribution is -2.51. The summed E-state index contributed by atoms with van der Waals surface area (Å²) in [6, 6.07) is 6.74. The molecule has 1 amide bonds. The molecule has 1 aromatic carbocycles. The Morgan fingerprint density at radius 3 is 2.20 bits per heavy atom. The van der Waals surface area contributed by atoms with Crippen molar-refractivity contribution in [1.29, 1.82) is 0 Å². The monoisotopic (exact) mass is 369 g/mol. The third-order valence-corrected chi connectivity index (χ3v) is 5.43. The summed E-state index contributed by atoms with van der Waals surface area (Å²) in [7, 11) is -3.56. The molecule has 25 heavy (non-hydrogen) atoms. The number of nitrogens with zero attached hydrogens (tertiary/aromatic N) is 3. The molecule has 0 aromatic heterocycles. The van der Waals surface area contributed by atoms with E-state index in [9.17, 15) is 13.2 Å². The highest BCUT2D eigenvalue weighted by atomic mass is 32.2. The summed E-state index contributed by atoms with van der Waals surface area (Å²) in [5.41, 5.74) is 0.464. The van der Waals surface area contributed by atoms with Crippen LogP contribution >= 0.6 is 0 Å². The Balaban J connectivity index is 2.09. The fourth-order valence-electron chi connectivity index (χ4n) is 2.81. The maximum absolute atomic E-state index is 12.6. The lowest BCUT2D eigenvalue weighted by atomic mass is 10.3.